The molecule has 0 atom stereocenters. The van der Waals surface area contributed by atoms with E-state index in [2.05, 4.69) is 6.92 Å². The molecule has 1 fully saturated rings. The average molecular weight is 140 g/mol. The van der Waals surface area contributed by atoms with E-state index >= 15 is 0 Å². The van der Waals surface area contributed by atoms with Crippen LogP contribution in [-0.2, 0) is 0 Å². The van der Waals surface area contributed by atoms with Crippen molar-refractivity contribution in [3.8, 4) is 0 Å². The van der Waals surface area contributed by atoms with Gasteiger partial charge in [0.15, 0.2) is 0 Å². The molecule has 3 N–H and O–H groups in total. The van der Waals surface area contributed by atoms with Gasteiger partial charge in [-0.1, -0.05) is 19.8 Å². The lowest BCUT2D eigenvalue weighted by Gasteiger charge is -2.24. The van der Waals surface area contributed by atoms with Crippen molar-refractivity contribution in [3.05, 3.63) is 0 Å². The summed E-state index contributed by atoms with van der Waals surface area (Å²) in [6, 6.07) is 0. The largest absolute Gasteiger partial charge is 0.387 e. The van der Waals surface area contributed by atoms with Crippen molar-refractivity contribution in [1.29, 1.82) is 5.41 Å². The summed E-state index contributed by atoms with van der Waals surface area (Å²) in [5, 5.41) is 7.23. The Kier molecular flexibility index (Phi) is 2.30. The standard InChI is InChI=1S/C8H16N2/c1-6-2-4-7(5-3-6)8(9)10/h6-7H,2-5H2,1H3,(H3,9,10)/t6-,7+. The molecule has 10 heavy (non-hydrogen) atoms. The summed E-state index contributed by atoms with van der Waals surface area (Å²) in [5.74, 6) is 1.65. The Morgan fingerprint density at radius 2 is 1.80 bits per heavy atom. The lowest BCUT2D eigenvalue weighted by atomic mass is 9.82. The molecule has 0 saturated heterocycles. The van der Waals surface area contributed by atoms with Crippen LogP contribution in [0.2, 0.25) is 0 Å². The third kappa shape index (κ3) is 1.72. The lowest BCUT2D eigenvalue weighted by molar-refractivity contribution is 0.342. The van der Waals surface area contributed by atoms with Crippen molar-refractivity contribution in [1.82, 2.24) is 0 Å². The van der Waals surface area contributed by atoms with Crippen LogP contribution >= 0.6 is 0 Å². The number of nitrogens with two attached hydrogens (primary N) is 1. The molecule has 2 nitrogen and oxygen atoms in total. The first-order valence-electron chi connectivity index (χ1n) is 4.04. The summed E-state index contributed by atoms with van der Waals surface area (Å²) >= 11 is 0. The summed E-state index contributed by atoms with van der Waals surface area (Å²) in [6.45, 7) is 2.27. The molecular formula is C8H16N2. The second-order valence-electron chi connectivity index (χ2n) is 3.41. The highest BCUT2D eigenvalue weighted by Crippen LogP contribution is 2.27. The Hall–Kier alpha value is -0.530. The van der Waals surface area contributed by atoms with Crippen LogP contribution in [0.1, 0.15) is 32.6 Å². The fourth-order valence-corrected chi connectivity index (χ4v) is 1.57. The molecule has 2 heteroatoms. The summed E-state index contributed by atoms with van der Waals surface area (Å²) in [4.78, 5) is 0. The second-order valence-corrected chi connectivity index (χ2v) is 3.41. The molecule has 0 unspecified atom stereocenters. The maximum atomic E-state index is 7.23. The molecular weight excluding hydrogens is 124 g/mol. The Balaban J connectivity index is 2.33. The number of amidine groups is 1. The smallest absolute Gasteiger partial charge is 0.0936 e. The average Bonchev–Trinajstić information content (AvgIpc) is 1.88. The molecule has 0 aliphatic heterocycles. The predicted octanol–water partition coefficient (Wildman–Crippen LogP) is 1.75. The van der Waals surface area contributed by atoms with Crippen LogP contribution < -0.4 is 5.73 Å². The van der Waals surface area contributed by atoms with E-state index < -0.39 is 0 Å². The third-order valence-corrected chi connectivity index (χ3v) is 2.46. The minimum atomic E-state index is 0.395. The summed E-state index contributed by atoms with van der Waals surface area (Å²) in [6.07, 6.45) is 4.78. The van der Waals surface area contributed by atoms with Crippen LogP contribution in [0.5, 0.6) is 0 Å². The van der Waals surface area contributed by atoms with Crippen LogP contribution in [0.3, 0.4) is 0 Å². The highest BCUT2D eigenvalue weighted by Gasteiger charge is 2.19. The third-order valence-electron chi connectivity index (χ3n) is 2.46. The maximum absolute atomic E-state index is 7.23. The van der Waals surface area contributed by atoms with Gasteiger partial charge in [0.1, 0.15) is 0 Å². The lowest BCUT2D eigenvalue weighted by Crippen LogP contribution is -2.26. The number of hydrogen-bond donors (Lipinski definition) is 2. The van der Waals surface area contributed by atoms with Gasteiger partial charge in [-0.05, 0) is 18.8 Å². The molecule has 0 bridgehead atoms. The molecule has 0 aromatic rings. The Morgan fingerprint density at radius 3 is 2.20 bits per heavy atom. The zero-order valence-electron chi connectivity index (χ0n) is 6.56. The van der Waals surface area contributed by atoms with Crippen LogP contribution in [0, 0.1) is 17.2 Å². The van der Waals surface area contributed by atoms with E-state index in [1.165, 1.54) is 12.8 Å². The molecule has 1 aliphatic carbocycles. The first kappa shape index (κ1) is 7.58. The number of hydrogen-bond acceptors (Lipinski definition) is 1. The van der Waals surface area contributed by atoms with Crippen molar-refractivity contribution in [2.75, 3.05) is 0 Å². The fraction of sp³-hybridized carbons (Fsp3) is 0.875. The van der Waals surface area contributed by atoms with Gasteiger partial charge in [-0.15, -0.1) is 0 Å². The van der Waals surface area contributed by atoms with Gasteiger partial charge in [-0.25, -0.2) is 0 Å². The van der Waals surface area contributed by atoms with Crippen molar-refractivity contribution >= 4 is 5.84 Å². The number of rotatable bonds is 1. The minimum absolute atomic E-state index is 0.395. The van der Waals surface area contributed by atoms with Gasteiger partial charge in [0.05, 0.1) is 5.84 Å². The molecule has 1 rings (SSSR count). The molecule has 58 valence electrons. The zero-order valence-corrected chi connectivity index (χ0v) is 6.56. The zero-order chi connectivity index (χ0) is 7.56. The number of nitrogens with one attached hydrogen (secondary N) is 1. The highest BCUT2D eigenvalue weighted by atomic mass is 14.7. The van der Waals surface area contributed by atoms with Gasteiger partial charge in [-0.2, -0.15) is 0 Å². The van der Waals surface area contributed by atoms with Gasteiger partial charge >= 0.3 is 0 Å². The molecule has 1 aliphatic rings. The van der Waals surface area contributed by atoms with Crippen molar-refractivity contribution in [2.24, 2.45) is 17.6 Å². The van der Waals surface area contributed by atoms with Gasteiger partial charge in [0.25, 0.3) is 0 Å². The van der Waals surface area contributed by atoms with E-state index in [9.17, 15) is 0 Å². The van der Waals surface area contributed by atoms with E-state index in [0.717, 1.165) is 18.8 Å². The van der Waals surface area contributed by atoms with Gasteiger partial charge in [-0.3, -0.25) is 5.41 Å². The Morgan fingerprint density at radius 1 is 1.30 bits per heavy atom. The fourth-order valence-electron chi connectivity index (χ4n) is 1.57. The SMILES string of the molecule is C[C@H]1CC[C@@H](C(=N)N)CC1. The van der Waals surface area contributed by atoms with Gasteiger partial charge in [0.2, 0.25) is 0 Å². The minimum Gasteiger partial charge on any atom is -0.387 e. The monoisotopic (exact) mass is 140 g/mol. The van der Waals surface area contributed by atoms with Crippen LogP contribution in [0.15, 0.2) is 0 Å². The van der Waals surface area contributed by atoms with Crippen LogP contribution in [0.25, 0.3) is 0 Å². The van der Waals surface area contributed by atoms with Crippen molar-refractivity contribution < 1.29 is 0 Å². The van der Waals surface area contributed by atoms with Gasteiger partial charge in [0, 0.05) is 5.92 Å². The predicted molar refractivity (Wildman–Crippen MR) is 43.0 cm³/mol. The maximum Gasteiger partial charge on any atom is 0.0936 e. The van der Waals surface area contributed by atoms with Crippen LogP contribution in [-0.4, -0.2) is 5.84 Å². The highest BCUT2D eigenvalue weighted by molar-refractivity contribution is 5.79. The second kappa shape index (κ2) is 3.04. The van der Waals surface area contributed by atoms with Gasteiger partial charge < -0.3 is 5.73 Å². The first-order chi connectivity index (χ1) is 4.70. The molecule has 1 saturated carbocycles. The Bertz CT molecular complexity index is 123. The molecule has 0 radical (unpaired) electrons. The Labute approximate surface area is 62.3 Å². The normalized spacial score (nSPS) is 33.7. The van der Waals surface area contributed by atoms with E-state index in [1.807, 2.05) is 0 Å². The molecule has 0 heterocycles. The van der Waals surface area contributed by atoms with E-state index in [1.54, 1.807) is 0 Å². The topological polar surface area (TPSA) is 49.9 Å². The van der Waals surface area contributed by atoms with Crippen molar-refractivity contribution in [3.63, 3.8) is 0 Å². The van der Waals surface area contributed by atoms with Crippen molar-refractivity contribution in [2.45, 2.75) is 32.6 Å². The molecule has 0 amide bonds. The van der Waals surface area contributed by atoms with E-state index in [4.69, 9.17) is 11.1 Å². The van der Waals surface area contributed by atoms with E-state index in [0.29, 0.717) is 11.8 Å². The molecule has 0 spiro atoms. The molecule has 0 aromatic carbocycles. The quantitative estimate of drug-likeness (QED) is 0.423. The van der Waals surface area contributed by atoms with Crippen LogP contribution in [0.4, 0.5) is 0 Å². The summed E-state index contributed by atoms with van der Waals surface area (Å²) in [7, 11) is 0. The first-order valence-corrected chi connectivity index (χ1v) is 4.04. The van der Waals surface area contributed by atoms with E-state index in [-0.39, 0.29) is 0 Å². The summed E-state index contributed by atoms with van der Waals surface area (Å²) < 4.78 is 0. The molecule has 0 aromatic heterocycles. The summed E-state index contributed by atoms with van der Waals surface area (Å²) in [5.41, 5.74) is 5.40.